The molecule has 134 valence electrons. The third-order valence-corrected chi connectivity index (χ3v) is 5.67. The van der Waals surface area contributed by atoms with E-state index in [9.17, 15) is 4.79 Å². The number of H-pyrrole nitrogens is 1. The van der Waals surface area contributed by atoms with Gasteiger partial charge < -0.3 is 10.2 Å². The number of hydrogen-bond donors (Lipinski definition) is 2. The van der Waals surface area contributed by atoms with Gasteiger partial charge in [-0.25, -0.2) is 0 Å². The van der Waals surface area contributed by atoms with Crippen LogP contribution in [0.3, 0.4) is 0 Å². The number of amides is 1. The van der Waals surface area contributed by atoms with Crippen molar-refractivity contribution in [2.45, 2.75) is 24.8 Å². The number of carbonyl (C=O) groups excluding carboxylic acids is 1. The molecule has 1 amide bonds. The summed E-state index contributed by atoms with van der Waals surface area (Å²) in [4.78, 5) is 15.0. The summed E-state index contributed by atoms with van der Waals surface area (Å²) >= 11 is 0. The highest BCUT2D eigenvalue weighted by molar-refractivity contribution is 5.95. The first-order valence-electron chi connectivity index (χ1n) is 9.27. The van der Waals surface area contributed by atoms with Gasteiger partial charge in [-0.3, -0.25) is 14.6 Å². The Bertz CT molecular complexity index is 938. The van der Waals surface area contributed by atoms with Crippen molar-refractivity contribution in [3.63, 3.8) is 0 Å². The van der Waals surface area contributed by atoms with Gasteiger partial charge in [0.1, 0.15) is 0 Å². The monoisotopic (exact) mass is 350 g/mol. The van der Waals surface area contributed by atoms with E-state index in [1.54, 1.807) is 6.20 Å². The minimum Gasteiger partial charge on any atom is -0.336 e. The lowest BCUT2D eigenvalue weighted by molar-refractivity contribution is 0.0786. The summed E-state index contributed by atoms with van der Waals surface area (Å²) in [6.45, 7) is 3.35. The highest BCUT2D eigenvalue weighted by Gasteiger charge is 2.32. The normalized spacial score (nSPS) is 23.2. The predicted octanol–water partition coefficient (Wildman–Crippen LogP) is 1.92. The Morgan fingerprint density at radius 3 is 3.00 bits per heavy atom. The van der Waals surface area contributed by atoms with Gasteiger partial charge in [-0.1, -0.05) is 18.2 Å². The molecule has 1 aromatic carbocycles. The van der Waals surface area contributed by atoms with Crippen molar-refractivity contribution in [1.29, 1.82) is 0 Å². The number of nitrogens with zero attached hydrogens (tertiary/aromatic N) is 4. The minimum atomic E-state index is 0.0830. The molecule has 3 aromatic rings. The fourth-order valence-electron chi connectivity index (χ4n) is 4.26. The summed E-state index contributed by atoms with van der Waals surface area (Å²) in [5, 5.41) is 16.3. The molecule has 2 aromatic heterocycles. The first-order chi connectivity index (χ1) is 12.8. The smallest absolute Gasteiger partial charge is 0.257 e. The number of fused-ring (bicyclic) bond motifs is 1. The van der Waals surface area contributed by atoms with E-state index in [1.165, 1.54) is 0 Å². The zero-order valence-electron chi connectivity index (χ0n) is 14.6. The van der Waals surface area contributed by atoms with Gasteiger partial charge in [-0.15, -0.1) is 0 Å². The molecule has 2 saturated heterocycles. The van der Waals surface area contributed by atoms with Crippen LogP contribution in [0.15, 0.2) is 36.7 Å². The zero-order valence-corrected chi connectivity index (χ0v) is 14.6. The molecule has 5 rings (SSSR count). The van der Waals surface area contributed by atoms with Crippen molar-refractivity contribution >= 4 is 16.8 Å². The number of para-hydroxylation sites is 1. The number of hydrogen-bond acceptors (Lipinski definition) is 4. The minimum absolute atomic E-state index is 0.0830. The molecular formula is C19H22N6O. The molecule has 2 fully saturated rings. The lowest BCUT2D eigenvalue weighted by Crippen LogP contribution is -2.30. The fraction of sp³-hybridized carbons (Fsp3) is 0.421. The van der Waals surface area contributed by atoms with Gasteiger partial charge in [0.15, 0.2) is 0 Å². The number of likely N-dealkylation sites (tertiary alicyclic amines) is 1. The highest BCUT2D eigenvalue weighted by atomic mass is 16.2. The highest BCUT2D eigenvalue weighted by Crippen LogP contribution is 2.29. The lowest BCUT2D eigenvalue weighted by atomic mass is 10.0. The molecule has 0 radical (unpaired) electrons. The molecule has 7 heteroatoms. The molecule has 0 bridgehead atoms. The van der Waals surface area contributed by atoms with Crippen molar-refractivity contribution in [3.05, 3.63) is 47.9 Å². The van der Waals surface area contributed by atoms with E-state index in [1.807, 2.05) is 23.2 Å². The first-order valence-corrected chi connectivity index (χ1v) is 9.27. The van der Waals surface area contributed by atoms with Crippen LogP contribution in [0.4, 0.5) is 0 Å². The summed E-state index contributed by atoms with van der Waals surface area (Å²) < 4.78 is 2.07. The molecule has 0 saturated carbocycles. The van der Waals surface area contributed by atoms with Gasteiger partial charge in [0.05, 0.1) is 35.2 Å². The molecule has 2 aliphatic rings. The van der Waals surface area contributed by atoms with Crippen molar-refractivity contribution in [3.8, 4) is 0 Å². The van der Waals surface area contributed by atoms with Crippen LogP contribution in [-0.2, 0) is 0 Å². The second kappa shape index (κ2) is 6.25. The number of carbonyl (C=O) groups is 1. The maximum Gasteiger partial charge on any atom is 0.257 e. The van der Waals surface area contributed by atoms with Crippen LogP contribution in [0.5, 0.6) is 0 Å². The first kappa shape index (κ1) is 15.6. The molecule has 7 nitrogen and oxygen atoms in total. The standard InChI is InChI=1S/C19H22N6O/c26-19(16-11-21-23-18(16)14-5-7-20-9-14)24-8-6-15(12-24)25-17-4-2-1-3-13(17)10-22-25/h1-4,10-11,14-15,20H,5-9,12H2,(H,21,23). The number of benzene rings is 1. The topological polar surface area (TPSA) is 78.8 Å². The summed E-state index contributed by atoms with van der Waals surface area (Å²) in [7, 11) is 0. The van der Waals surface area contributed by atoms with Crippen LogP contribution in [0.1, 0.15) is 40.9 Å². The lowest BCUT2D eigenvalue weighted by Gasteiger charge is -2.18. The van der Waals surface area contributed by atoms with Crippen LogP contribution < -0.4 is 5.32 Å². The van der Waals surface area contributed by atoms with E-state index in [2.05, 4.69) is 37.4 Å². The van der Waals surface area contributed by atoms with Crippen LogP contribution >= 0.6 is 0 Å². The summed E-state index contributed by atoms with van der Waals surface area (Å²) in [6.07, 6.45) is 5.56. The SMILES string of the molecule is O=C(c1cn[nH]c1C1CCNC1)N1CCC(n2ncc3ccccc32)C1. The van der Waals surface area contributed by atoms with E-state index >= 15 is 0 Å². The third-order valence-electron chi connectivity index (χ3n) is 5.67. The largest absolute Gasteiger partial charge is 0.336 e. The van der Waals surface area contributed by atoms with Gasteiger partial charge in [0.25, 0.3) is 5.91 Å². The van der Waals surface area contributed by atoms with Crippen LogP contribution in [0.2, 0.25) is 0 Å². The Kier molecular flexibility index (Phi) is 3.74. The second-order valence-corrected chi connectivity index (χ2v) is 7.23. The number of rotatable bonds is 3. The van der Waals surface area contributed by atoms with E-state index in [0.717, 1.165) is 54.6 Å². The van der Waals surface area contributed by atoms with E-state index in [-0.39, 0.29) is 11.9 Å². The van der Waals surface area contributed by atoms with Gasteiger partial charge in [-0.2, -0.15) is 10.2 Å². The van der Waals surface area contributed by atoms with Crippen molar-refractivity contribution in [2.24, 2.45) is 0 Å². The van der Waals surface area contributed by atoms with Crippen LogP contribution in [-0.4, -0.2) is 57.0 Å². The molecular weight excluding hydrogens is 328 g/mol. The van der Waals surface area contributed by atoms with Gasteiger partial charge >= 0.3 is 0 Å². The summed E-state index contributed by atoms with van der Waals surface area (Å²) in [5.41, 5.74) is 2.84. The Labute approximate surface area is 151 Å². The number of nitrogens with one attached hydrogen (secondary N) is 2. The van der Waals surface area contributed by atoms with Crippen LogP contribution in [0.25, 0.3) is 10.9 Å². The van der Waals surface area contributed by atoms with Crippen molar-refractivity contribution in [1.82, 2.24) is 30.2 Å². The maximum absolute atomic E-state index is 13.1. The molecule has 26 heavy (non-hydrogen) atoms. The quantitative estimate of drug-likeness (QED) is 0.756. The second-order valence-electron chi connectivity index (χ2n) is 7.23. The predicted molar refractivity (Wildman–Crippen MR) is 98.1 cm³/mol. The summed E-state index contributed by atoms with van der Waals surface area (Å²) in [6, 6.07) is 8.45. The third kappa shape index (κ3) is 2.50. The molecule has 2 aliphatic heterocycles. The number of aromatic nitrogens is 4. The molecule has 2 unspecified atom stereocenters. The molecule has 0 spiro atoms. The maximum atomic E-state index is 13.1. The zero-order chi connectivity index (χ0) is 17.5. The van der Waals surface area contributed by atoms with Gasteiger partial charge in [0.2, 0.25) is 0 Å². The number of aromatic amines is 1. The Morgan fingerprint density at radius 1 is 1.19 bits per heavy atom. The van der Waals surface area contributed by atoms with E-state index in [0.29, 0.717) is 12.5 Å². The van der Waals surface area contributed by atoms with Crippen LogP contribution in [0, 0.1) is 0 Å². The van der Waals surface area contributed by atoms with E-state index < -0.39 is 0 Å². The Morgan fingerprint density at radius 2 is 2.12 bits per heavy atom. The molecule has 4 heterocycles. The Hall–Kier alpha value is -2.67. The molecule has 0 aliphatic carbocycles. The average molecular weight is 350 g/mol. The van der Waals surface area contributed by atoms with Crippen molar-refractivity contribution in [2.75, 3.05) is 26.2 Å². The van der Waals surface area contributed by atoms with Crippen molar-refractivity contribution < 1.29 is 4.79 Å². The molecule has 2 N–H and O–H groups in total. The Balaban J connectivity index is 1.36. The van der Waals surface area contributed by atoms with E-state index in [4.69, 9.17) is 0 Å². The fourth-order valence-corrected chi connectivity index (χ4v) is 4.26. The molecule has 2 atom stereocenters. The van der Waals surface area contributed by atoms with Gasteiger partial charge in [-0.05, 0) is 25.5 Å². The summed E-state index contributed by atoms with van der Waals surface area (Å²) in [5.74, 6) is 0.435. The van der Waals surface area contributed by atoms with Gasteiger partial charge in [0, 0.05) is 30.9 Å². The average Bonchev–Trinajstić information content (AvgIpc) is 3.47.